The van der Waals surface area contributed by atoms with Gasteiger partial charge in [0.1, 0.15) is 5.65 Å². The maximum Gasteiger partial charge on any atom is 0.328 e. The van der Waals surface area contributed by atoms with Crippen LogP contribution in [0.5, 0.6) is 0 Å². The molecule has 0 spiro atoms. The monoisotopic (exact) mass is 216 g/mol. The fourth-order valence-corrected chi connectivity index (χ4v) is 1.56. The van der Waals surface area contributed by atoms with Crippen molar-refractivity contribution in [1.29, 1.82) is 0 Å². The lowest BCUT2D eigenvalue weighted by Gasteiger charge is -1.98. The molecular weight excluding hydrogens is 204 g/mol. The van der Waals surface area contributed by atoms with Gasteiger partial charge in [0.15, 0.2) is 0 Å². The van der Waals surface area contributed by atoms with Crippen molar-refractivity contribution < 1.29 is 9.90 Å². The van der Waals surface area contributed by atoms with E-state index < -0.39 is 5.97 Å². The van der Waals surface area contributed by atoms with E-state index >= 15 is 0 Å². The van der Waals surface area contributed by atoms with Crippen molar-refractivity contribution in [2.24, 2.45) is 0 Å². The predicted octanol–water partition coefficient (Wildman–Crippen LogP) is 2.05. The molecule has 2 rings (SSSR count). The average molecular weight is 216 g/mol. The molecule has 1 N–H and O–H groups in total. The van der Waals surface area contributed by atoms with E-state index in [9.17, 15) is 4.79 Å². The van der Waals surface area contributed by atoms with Gasteiger partial charge in [0, 0.05) is 18.0 Å². The molecule has 2 aromatic heterocycles. The SMILES string of the molecule is Cc1nc2ccc(/C=C/C(=O)O)cn2c1C. The quantitative estimate of drug-likeness (QED) is 0.781. The van der Waals surface area contributed by atoms with Gasteiger partial charge < -0.3 is 9.51 Å². The van der Waals surface area contributed by atoms with Crippen molar-refractivity contribution >= 4 is 17.7 Å². The van der Waals surface area contributed by atoms with Crippen molar-refractivity contribution in [2.45, 2.75) is 13.8 Å². The van der Waals surface area contributed by atoms with Gasteiger partial charge in [-0.25, -0.2) is 9.78 Å². The number of aromatic nitrogens is 2. The highest BCUT2D eigenvalue weighted by Crippen LogP contribution is 2.13. The number of fused-ring (bicyclic) bond motifs is 1. The van der Waals surface area contributed by atoms with Crippen molar-refractivity contribution in [3.63, 3.8) is 0 Å². The molecule has 0 unspecified atom stereocenters. The van der Waals surface area contributed by atoms with Crippen LogP contribution in [-0.4, -0.2) is 20.5 Å². The van der Waals surface area contributed by atoms with Gasteiger partial charge in [-0.05, 0) is 37.6 Å². The summed E-state index contributed by atoms with van der Waals surface area (Å²) in [5.41, 5.74) is 3.78. The lowest BCUT2D eigenvalue weighted by atomic mass is 10.2. The number of imidazole rings is 1. The number of rotatable bonds is 2. The molecule has 0 aliphatic carbocycles. The molecule has 0 aromatic carbocycles. The summed E-state index contributed by atoms with van der Waals surface area (Å²) in [6, 6.07) is 3.72. The smallest absolute Gasteiger partial charge is 0.328 e. The number of pyridine rings is 1. The molecule has 0 bridgehead atoms. The minimum atomic E-state index is -0.946. The summed E-state index contributed by atoms with van der Waals surface area (Å²) >= 11 is 0. The summed E-state index contributed by atoms with van der Waals surface area (Å²) in [6.07, 6.45) is 4.57. The maximum atomic E-state index is 10.4. The standard InChI is InChI=1S/C12H12N2O2/c1-8-9(2)14-7-10(4-6-12(15)16)3-5-11(14)13-8/h3-7H,1-2H3,(H,15,16)/b6-4+. The normalized spacial score (nSPS) is 11.4. The Balaban J connectivity index is 2.51. The van der Waals surface area contributed by atoms with E-state index in [1.165, 1.54) is 0 Å². The Kier molecular flexibility index (Phi) is 2.48. The van der Waals surface area contributed by atoms with Crippen molar-refractivity contribution in [2.75, 3.05) is 0 Å². The third-order valence-electron chi connectivity index (χ3n) is 2.54. The van der Waals surface area contributed by atoms with Crippen LogP contribution in [-0.2, 0) is 4.79 Å². The minimum Gasteiger partial charge on any atom is -0.478 e. The fraction of sp³-hybridized carbons (Fsp3) is 0.167. The summed E-state index contributed by atoms with van der Waals surface area (Å²) in [7, 11) is 0. The fourth-order valence-electron chi connectivity index (χ4n) is 1.56. The average Bonchev–Trinajstić information content (AvgIpc) is 2.52. The maximum absolute atomic E-state index is 10.4. The van der Waals surface area contributed by atoms with E-state index in [0.29, 0.717) is 0 Å². The van der Waals surface area contributed by atoms with E-state index in [-0.39, 0.29) is 0 Å². The summed E-state index contributed by atoms with van der Waals surface area (Å²) in [6.45, 7) is 3.94. The molecule has 0 aliphatic rings. The van der Waals surface area contributed by atoms with Gasteiger partial charge in [-0.15, -0.1) is 0 Å². The zero-order valence-electron chi connectivity index (χ0n) is 9.14. The molecule has 4 nitrogen and oxygen atoms in total. The summed E-state index contributed by atoms with van der Waals surface area (Å²) in [4.78, 5) is 14.8. The van der Waals surface area contributed by atoms with Crippen molar-refractivity contribution in [1.82, 2.24) is 9.38 Å². The Bertz CT molecular complexity index is 582. The van der Waals surface area contributed by atoms with Crippen molar-refractivity contribution in [3.8, 4) is 0 Å². The number of aryl methyl sites for hydroxylation is 2. The Labute approximate surface area is 92.9 Å². The number of carboxylic acids is 1. The van der Waals surface area contributed by atoms with Gasteiger partial charge in [-0.2, -0.15) is 0 Å². The third kappa shape index (κ3) is 1.82. The first-order chi connectivity index (χ1) is 7.58. The molecule has 0 saturated heterocycles. The number of aliphatic carboxylic acids is 1. The molecule has 82 valence electrons. The molecule has 2 aromatic rings. The second-order valence-corrected chi connectivity index (χ2v) is 3.64. The van der Waals surface area contributed by atoms with Crippen LogP contribution in [0.4, 0.5) is 0 Å². The second kappa shape index (κ2) is 3.81. The van der Waals surface area contributed by atoms with E-state index in [4.69, 9.17) is 5.11 Å². The van der Waals surface area contributed by atoms with Crippen LogP contribution in [0.15, 0.2) is 24.4 Å². The van der Waals surface area contributed by atoms with Gasteiger partial charge in [0.25, 0.3) is 0 Å². The molecule has 2 heterocycles. The predicted molar refractivity (Wildman–Crippen MR) is 61.3 cm³/mol. The molecule has 0 saturated carbocycles. The number of carboxylic acid groups (broad SMARTS) is 1. The lowest BCUT2D eigenvalue weighted by Crippen LogP contribution is -1.90. The van der Waals surface area contributed by atoms with Crippen LogP contribution in [0.2, 0.25) is 0 Å². The zero-order valence-corrected chi connectivity index (χ0v) is 9.14. The van der Waals surface area contributed by atoms with Gasteiger partial charge in [0.2, 0.25) is 0 Å². The Morgan fingerprint density at radius 2 is 2.19 bits per heavy atom. The molecule has 0 atom stereocenters. The highest BCUT2D eigenvalue weighted by atomic mass is 16.4. The number of hydrogen-bond donors (Lipinski definition) is 1. The second-order valence-electron chi connectivity index (χ2n) is 3.64. The summed E-state index contributed by atoms with van der Waals surface area (Å²) in [5, 5.41) is 8.54. The summed E-state index contributed by atoms with van der Waals surface area (Å²) < 4.78 is 1.96. The Hall–Kier alpha value is -2.10. The molecule has 16 heavy (non-hydrogen) atoms. The third-order valence-corrected chi connectivity index (χ3v) is 2.54. The lowest BCUT2D eigenvalue weighted by molar-refractivity contribution is -0.131. The van der Waals surface area contributed by atoms with Gasteiger partial charge in [0.05, 0.1) is 5.69 Å². The van der Waals surface area contributed by atoms with Crippen LogP contribution in [0.1, 0.15) is 17.0 Å². The summed E-state index contributed by atoms with van der Waals surface area (Å²) in [5.74, 6) is -0.946. The van der Waals surface area contributed by atoms with Crippen molar-refractivity contribution in [3.05, 3.63) is 41.4 Å². The van der Waals surface area contributed by atoms with Gasteiger partial charge in [-0.1, -0.05) is 0 Å². The highest BCUT2D eigenvalue weighted by Gasteiger charge is 2.03. The van der Waals surface area contributed by atoms with Gasteiger partial charge >= 0.3 is 5.97 Å². The number of nitrogens with zero attached hydrogens (tertiary/aromatic N) is 2. The minimum absolute atomic E-state index is 0.843. The molecule has 0 aliphatic heterocycles. The molecule has 0 fully saturated rings. The van der Waals surface area contributed by atoms with Gasteiger partial charge in [-0.3, -0.25) is 0 Å². The zero-order chi connectivity index (χ0) is 11.7. The van der Waals surface area contributed by atoms with Crippen LogP contribution in [0.25, 0.3) is 11.7 Å². The number of carbonyl (C=O) groups is 1. The van der Waals surface area contributed by atoms with E-state index in [0.717, 1.165) is 28.7 Å². The molecular formula is C12H12N2O2. The van der Waals surface area contributed by atoms with Crippen LogP contribution < -0.4 is 0 Å². The largest absolute Gasteiger partial charge is 0.478 e. The Morgan fingerprint density at radius 3 is 2.88 bits per heavy atom. The highest BCUT2D eigenvalue weighted by molar-refractivity contribution is 5.85. The first-order valence-corrected chi connectivity index (χ1v) is 4.94. The Morgan fingerprint density at radius 1 is 1.44 bits per heavy atom. The van der Waals surface area contributed by atoms with Crippen LogP contribution >= 0.6 is 0 Å². The molecule has 0 amide bonds. The van der Waals surface area contributed by atoms with E-state index in [2.05, 4.69) is 4.98 Å². The molecule has 0 radical (unpaired) electrons. The van der Waals surface area contributed by atoms with Crippen LogP contribution in [0.3, 0.4) is 0 Å². The van der Waals surface area contributed by atoms with E-state index in [1.54, 1.807) is 6.08 Å². The van der Waals surface area contributed by atoms with Crippen LogP contribution in [0, 0.1) is 13.8 Å². The number of hydrogen-bond acceptors (Lipinski definition) is 2. The first-order valence-electron chi connectivity index (χ1n) is 4.94. The topological polar surface area (TPSA) is 54.6 Å². The van der Waals surface area contributed by atoms with E-state index in [1.807, 2.05) is 36.6 Å². The first kappa shape index (κ1) is 10.4. The molecule has 4 heteroatoms.